The van der Waals surface area contributed by atoms with Gasteiger partial charge < -0.3 is 10.5 Å². The zero-order valence-corrected chi connectivity index (χ0v) is 9.35. The third-order valence-corrected chi connectivity index (χ3v) is 2.25. The van der Waals surface area contributed by atoms with Crippen molar-refractivity contribution in [3.8, 4) is 11.6 Å². The van der Waals surface area contributed by atoms with Gasteiger partial charge in [-0.3, -0.25) is 4.68 Å². The van der Waals surface area contributed by atoms with Crippen LogP contribution in [0, 0.1) is 0 Å². The van der Waals surface area contributed by atoms with E-state index in [4.69, 9.17) is 22.1 Å². The molecule has 0 spiro atoms. The van der Waals surface area contributed by atoms with Gasteiger partial charge in [0.25, 0.3) is 0 Å². The maximum atomic E-state index is 5.74. The number of nitrogens with two attached hydrogens (primary N) is 1. The summed E-state index contributed by atoms with van der Waals surface area (Å²) >= 11 is 5.74. The van der Waals surface area contributed by atoms with E-state index in [-0.39, 0.29) is 16.7 Å². The number of nitrogens with zero attached hydrogens (tertiary/aromatic N) is 4. The molecule has 2 N–H and O–H groups in total. The smallest absolute Gasteiger partial charge is 0.247 e. The Morgan fingerprint density at radius 3 is 3.00 bits per heavy atom. The van der Waals surface area contributed by atoms with E-state index in [1.165, 1.54) is 6.33 Å². The number of aromatic nitrogens is 4. The van der Waals surface area contributed by atoms with E-state index >= 15 is 0 Å². The lowest BCUT2D eigenvalue weighted by molar-refractivity contribution is 0.463. The Kier molecular flexibility index (Phi) is 2.91. The first-order valence-electron chi connectivity index (χ1n) is 4.67. The fourth-order valence-electron chi connectivity index (χ4n) is 1.12. The van der Waals surface area contributed by atoms with Gasteiger partial charge in [0.05, 0.1) is 12.4 Å². The molecule has 84 valence electrons. The summed E-state index contributed by atoms with van der Waals surface area (Å²) in [6.45, 7) is 2.75. The molecular formula is C9H10ClN5O. The van der Waals surface area contributed by atoms with Gasteiger partial charge in [-0.1, -0.05) is 11.6 Å². The minimum absolute atomic E-state index is 0.174. The Morgan fingerprint density at radius 2 is 2.31 bits per heavy atom. The molecule has 2 aromatic rings. The number of anilines is 1. The normalized spacial score (nSPS) is 10.4. The average Bonchev–Trinajstić information content (AvgIpc) is 2.73. The summed E-state index contributed by atoms with van der Waals surface area (Å²) < 4.78 is 7.16. The van der Waals surface area contributed by atoms with Gasteiger partial charge in [-0.05, 0) is 6.92 Å². The second-order valence-electron chi connectivity index (χ2n) is 3.02. The average molecular weight is 240 g/mol. The molecule has 6 nitrogen and oxygen atoms in total. The van der Waals surface area contributed by atoms with E-state index in [1.807, 2.05) is 6.92 Å². The van der Waals surface area contributed by atoms with Crippen LogP contribution in [0.3, 0.4) is 0 Å². The molecule has 16 heavy (non-hydrogen) atoms. The first-order chi connectivity index (χ1) is 7.70. The SMILES string of the molecule is CCn1cc(Oc2ncnc(Cl)c2N)cn1. The molecule has 0 bridgehead atoms. The predicted molar refractivity (Wildman–Crippen MR) is 59.4 cm³/mol. The second-order valence-corrected chi connectivity index (χ2v) is 3.38. The first-order valence-corrected chi connectivity index (χ1v) is 5.04. The molecule has 0 aliphatic rings. The van der Waals surface area contributed by atoms with Crippen LogP contribution in [0.1, 0.15) is 6.92 Å². The van der Waals surface area contributed by atoms with Crippen molar-refractivity contribution in [1.82, 2.24) is 19.7 Å². The van der Waals surface area contributed by atoms with Crippen LogP contribution >= 0.6 is 11.6 Å². The highest BCUT2D eigenvalue weighted by atomic mass is 35.5. The quantitative estimate of drug-likeness (QED) is 0.825. The van der Waals surface area contributed by atoms with Crippen LogP contribution < -0.4 is 10.5 Å². The van der Waals surface area contributed by atoms with Crippen molar-refractivity contribution in [3.05, 3.63) is 23.9 Å². The predicted octanol–water partition coefficient (Wildman–Crippen LogP) is 1.72. The standard InChI is InChI=1S/C9H10ClN5O/c1-2-15-4-6(3-14-15)16-9-7(11)8(10)12-5-13-9/h3-5H,2,11H2,1H3. The highest BCUT2D eigenvalue weighted by molar-refractivity contribution is 6.32. The molecule has 0 amide bonds. The van der Waals surface area contributed by atoms with E-state index in [0.29, 0.717) is 5.75 Å². The van der Waals surface area contributed by atoms with Crippen LogP contribution in [0.5, 0.6) is 11.6 Å². The Hall–Kier alpha value is -1.82. The minimum Gasteiger partial charge on any atom is -0.434 e. The molecule has 0 fully saturated rings. The highest BCUT2D eigenvalue weighted by Gasteiger charge is 2.09. The van der Waals surface area contributed by atoms with Gasteiger partial charge in [-0.2, -0.15) is 10.1 Å². The van der Waals surface area contributed by atoms with Crippen LogP contribution in [0.4, 0.5) is 5.69 Å². The van der Waals surface area contributed by atoms with Crippen molar-refractivity contribution in [2.75, 3.05) is 5.73 Å². The molecule has 2 heterocycles. The molecule has 0 atom stereocenters. The van der Waals surface area contributed by atoms with Gasteiger partial charge in [0.2, 0.25) is 5.88 Å². The van der Waals surface area contributed by atoms with Crippen molar-refractivity contribution >= 4 is 17.3 Å². The van der Waals surface area contributed by atoms with Gasteiger partial charge in [0.1, 0.15) is 12.0 Å². The Morgan fingerprint density at radius 1 is 1.50 bits per heavy atom. The van der Waals surface area contributed by atoms with Crippen LogP contribution in [0.2, 0.25) is 5.15 Å². The van der Waals surface area contributed by atoms with E-state index in [9.17, 15) is 0 Å². The molecule has 0 unspecified atom stereocenters. The van der Waals surface area contributed by atoms with E-state index < -0.39 is 0 Å². The summed E-state index contributed by atoms with van der Waals surface area (Å²) in [6, 6.07) is 0. The zero-order valence-electron chi connectivity index (χ0n) is 8.59. The molecule has 0 saturated carbocycles. The Balaban J connectivity index is 2.23. The monoisotopic (exact) mass is 239 g/mol. The van der Waals surface area contributed by atoms with Gasteiger partial charge in [0.15, 0.2) is 10.9 Å². The molecule has 7 heteroatoms. The van der Waals surface area contributed by atoms with Crippen LogP contribution in [-0.4, -0.2) is 19.7 Å². The minimum atomic E-state index is 0.174. The highest BCUT2D eigenvalue weighted by Crippen LogP contribution is 2.28. The van der Waals surface area contributed by atoms with E-state index in [0.717, 1.165) is 6.54 Å². The maximum absolute atomic E-state index is 5.74. The number of ether oxygens (including phenoxy) is 1. The third-order valence-electron chi connectivity index (χ3n) is 1.95. The lowest BCUT2D eigenvalue weighted by Gasteiger charge is -2.04. The molecule has 2 aromatic heterocycles. The van der Waals surface area contributed by atoms with E-state index in [2.05, 4.69) is 15.1 Å². The largest absolute Gasteiger partial charge is 0.434 e. The maximum Gasteiger partial charge on any atom is 0.247 e. The number of halogens is 1. The summed E-state index contributed by atoms with van der Waals surface area (Å²) in [5, 5.41) is 4.23. The number of aryl methyl sites for hydroxylation is 1. The fraction of sp³-hybridized carbons (Fsp3) is 0.222. The summed E-state index contributed by atoms with van der Waals surface area (Å²) in [5.74, 6) is 0.791. The van der Waals surface area contributed by atoms with Crippen molar-refractivity contribution in [1.29, 1.82) is 0 Å². The summed E-state index contributed by atoms with van der Waals surface area (Å²) in [6.07, 6.45) is 4.62. The van der Waals surface area contributed by atoms with Crippen molar-refractivity contribution in [2.45, 2.75) is 13.5 Å². The van der Waals surface area contributed by atoms with Gasteiger partial charge >= 0.3 is 0 Å². The Labute approximate surface area is 97.0 Å². The van der Waals surface area contributed by atoms with Crippen LogP contribution in [-0.2, 0) is 6.54 Å². The number of rotatable bonds is 3. The fourth-order valence-corrected chi connectivity index (χ4v) is 1.25. The number of nitrogen functional groups attached to an aromatic ring is 1. The molecule has 0 aromatic carbocycles. The van der Waals surface area contributed by atoms with Gasteiger partial charge in [-0.25, -0.2) is 4.98 Å². The molecule has 2 rings (SSSR count). The lowest BCUT2D eigenvalue weighted by Crippen LogP contribution is -1.97. The molecule has 0 radical (unpaired) electrons. The topological polar surface area (TPSA) is 78.8 Å². The molecule has 0 aliphatic carbocycles. The molecule has 0 aliphatic heterocycles. The zero-order chi connectivity index (χ0) is 11.5. The Bertz CT molecular complexity index is 498. The summed E-state index contributed by atoms with van der Waals surface area (Å²) in [5.41, 5.74) is 5.88. The van der Waals surface area contributed by atoms with Gasteiger partial charge in [-0.15, -0.1) is 0 Å². The van der Waals surface area contributed by atoms with Crippen molar-refractivity contribution in [3.63, 3.8) is 0 Å². The third kappa shape index (κ3) is 2.06. The summed E-state index contributed by atoms with van der Waals surface area (Å²) in [4.78, 5) is 7.62. The van der Waals surface area contributed by atoms with Crippen LogP contribution in [0.25, 0.3) is 0 Å². The number of hydrogen-bond acceptors (Lipinski definition) is 5. The van der Waals surface area contributed by atoms with Crippen molar-refractivity contribution < 1.29 is 4.74 Å². The van der Waals surface area contributed by atoms with Crippen LogP contribution in [0.15, 0.2) is 18.7 Å². The molecular weight excluding hydrogens is 230 g/mol. The van der Waals surface area contributed by atoms with Gasteiger partial charge in [0, 0.05) is 6.54 Å². The van der Waals surface area contributed by atoms with Crippen molar-refractivity contribution in [2.24, 2.45) is 0 Å². The first kappa shape index (κ1) is 10.7. The second kappa shape index (κ2) is 4.36. The molecule has 0 saturated heterocycles. The van der Waals surface area contributed by atoms with E-state index in [1.54, 1.807) is 17.1 Å². The lowest BCUT2D eigenvalue weighted by atomic mass is 10.5. The summed E-state index contributed by atoms with van der Waals surface area (Å²) in [7, 11) is 0. The number of hydrogen-bond donors (Lipinski definition) is 1.